The molecule has 0 bridgehead atoms. The number of amides is 6. The predicted molar refractivity (Wildman–Crippen MR) is 240 cm³/mol. The molecule has 0 spiro atoms. The minimum Gasteiger partial charge on any atom is -0.444 e. The maximum Gasteiger partial charge on any atom is 0.407 e. The van der Waals surface area contributed by atoms with Gasteiger partial charge in [-0.3, -0.25) is 0 Å². The number of benzene rings is 2. The molecule has 2 rings (SSSR count). The Balaban J connectivity index is 2.14. The minimum absolute atomic E-state index is 0.168. The van der Waals surface area contributed by atoms with E-state index in [1.54, 1.807) is 31.4 Å². The quantitative estimate of drug-likeness (QED) is 0.0643. The molecule has 2 aromatic rings. The summed E-state index contributed by atoms with van der Waals surface area (Å²) in [7, 11) is 3.35. The van der Waals surface area contributed by atoms with Crippen LogP contribution in [0.25, 0.3) is 0 Å². The third-order valence-electron chi connectivity index (χ3n) is 8.55. The highest BCUT2D eigenvalue weighted by molar-refractivity contribution is 8.76. The number of carbonyl (C=O) groups excluding carboxylic acids is 4. The lowest BCUT2D eigenvalue weighted by Gasteiger charge is -2.28. The molecule has 0 fully saturated rings. The monoisotopic (exact) mass is 844 g/mol. The van der Waals surface area contributed by atoms with Crippen LogP contribution in [0.2, 0.25) is 0 Å². The molecule has 0 aliphatic rings. The van der Waals surface area contributed by atoms with E-state index in [4.69, 9.17) is 9.47 Å². The van der Waals surface area contributed by atoms with Gasteiger partial charge in [0.05, 0.1) is 0 Å². The molecule has 2 atom stereocenters. The molecule has 4 N–H and O–H groups in total. The van der Waals surface area contributed by atoms with Crippen LogP contribution in [-0.2, 0) is 22.3 Å². The Kier molecular flexibility index (Phi) is 22.9. The van der Waals surface area contributed by atoms with Gasteiger partial charge in [-0.15, -0.1) is 0 Å². The molecule has 0 heterocycles. The second-order valence-electron chi connectivity index (χ2n) is 17.4. The molecule has 0 aromatic heterocycles. The van der Waals surface area contributed by atoms with Gasteiger partial charge >= 0.3 is 24.2 Å². The van der Waals surface area contributed by atoms with Crippen molar-refractivity contribution in [2.24, 2.45) is 11.8 Å². The Morgan fingerprint density at radius 1 is 0.569 bits per heavy atom. The van der Waals surface area contributed by atoms with Gasteiger partial charge in [-0.1, -0.05) is 110 Å². The second-order valence-corrected chi connectivity index (χ2v) is 20.0. The van der Waals surface area contributed by atoms with Gasteiger partial charge < -0.3 is 40.5 Å². The van der Waals surface area contributed by atoms with Gasteiger partial charge in [0.2, 0.25) is 0 Å². The third-order valence-corrected chi connectivity index (χ3v) is 11.1. The molecular formula is C44H72N6O6S2. The summed E-state index contributed by atoms with van der Waals surface area (Å²) in [6.45, 7) is 21.8. The Labute approximate surface area is 356 Å². The molecule has 0 aliphatic carbocycles. The number of alkyl carbamates (subject to hydrolysis) is 2. The molecule has 6 amide bonds. The Hall–Kier alpha value is -3.78. The van der Waals surface area contributed by atoms with Crippen molar-refractivity contribution in [2.75, 3.05) is 50.8 Å². The van der Waals surface area contributed by atoms with Gasteiger partial charge in [0.1, 0.15) is 11.2 Å². The van der Waals surface area contributed by atoms with Crippen LogP contribution in [-0.4, -0.2) is 108 Å². The topological polar surface area (TPSA) is 141 Å². The molecule has 2 aromatic carbocycles. The summed E-state index contributed by atoms with van der Waals surface area (Å²) < 4.78 is 10.8. The normalized spacial score (nSPS) is 12.7. The van der Waals surface area contributed by atoms with Gasteiger partial charge in [0.25, 0.3) is 0 Å². The summed E-state index contributed by atoms with van der Waals surface area (Å²) in [4.78, 5) is 55.8. The van der Waals surface area contributed by atoms with Crippen molar-refractivity contribution in [1.82, 2.24) is 31.1 Å². The van der Waals surface area contributed by atoms with Crippen LogP contribution < -0.4 is 21.3 Å². The van der Waals surface area contributed by atoms with E-state index in [0.717, 1.165) is 24.0 Å². The van der Waals surface area contributed by atoms with Crippen LogP contribution in [0.15, 0.2) is 60.7 Å². The summed E-state index contributed by atoms with van der Waals surface area (Å²) in [6.07, 6.45) is 1.95. The van der Waals surface area contributed by atoms with E-state index >= 15 is 0 Å². The van der Waals surface area contributed by atoms with Crippen LogP contribution in [0.5, 0.6) is 0 Å². The summed E-state index contributed by atoms with van der Waals surface area (Å²) in [6, 6.07) is 19.6. The maximum absolute atomic E-state index is 13.8. The van der Waals surface area contributed by atoms with Gasteiger partial charge in [0, 0.05) is 62.9 Å². The molecule has 14 heteroatoms. The number of hydrogen-bond donors (Lipinski definition) is 4. The second kappa shape index (κ2) is 26.3. The summed E-state index contributed by atoms with van der Waals surface area (Å²) in [5.74, 6) is 2.09. The molecule has 12 nitrogen and oxygen atoms in total. The van der Waals surface area contributed by atoms with Gasteiger partial charge in [-0.2, -0.15) is 0 Å². The van der Waals surface area contributed by atoms with E-state index < -0.39 is 23.4 Å². The molecule has 0 saturated heterocycles. The van der Waals surface area contributed by atoms with Crippen molar-refractivity contribution in [3.8, 4) is 0 Å². The van der Waals surface area contributed by atoms with E-state index in [0.29, 0.717) is 62.4 Å². The average Bonchev–Trinajstić information content (AvgIpc) is 3.11. The zero-order chi connectivity index (χ0) is 43.1. The first-order valence-electron chi connectivity index (χ1n) is 20.7. The lowest BCUT2D eigenvalue weighted by atomic mass is 10.1. The first kappa shape index (κ1) is 50.4. The summed E-state index contributed by atoms with van der Waals surface area (Å²) in [5.41, 5.74) is 1.02. The fourth-order valence-electron chi connectivity index (χ4n) is 5.56. The molecular weight excluding hydrogens is 773 g/mol. The van der Waals surface area contributed by atoms with E-state index in [-0.39, 0.29) is 37.2 Å². The van der Waals surface area contributed by atoms with Crippen molar-refractivity contribution < 1.29 is 28.7 Å². The predicted octanol–water partition coefficient (Wildman–Crippen LogP) is 8.76. The average molecular weight is 845 g/mol. The van der Waals surface area contributed by atoms with Crippen molar-refractivity contribution in [3.63, 3.8) is 0 Å². The Morgan fingerprint density at radius 3 is 1.22 bits per heavy atom. The van der Waals surface area contributed by atoms with Crippen LogP contribution >= 0.6 is 21.6 Å². The lowest BCUT2D eigenvalue weighted by Crippen LogP contribution is -2.49. The van der Waals surface area contributed by atoms with Crippen molar-refractivity contribution in [2.45, 2.75) is 118 Å². The van der Waals surface area contributed by atoms with Crippen LogP contribution in [0, 0.1) is 11.8 Å². The lowest BCUT2D eigenvalue weighted by molar-refractivity contribution is 0.0512. The maximum atomic E-state index is 13.8. The molecule has 0 aliphatic heterocycles. The van der Waals surface area contributed by atoms with Crippen LogP contribution in [0.1, 0.15) is 93.2 Å². The fraction of sp³-hybridized carbons (Fsp3) is 0.636. The number of nitrogens with one attached hydrogen (secondary N) is 4. The van der Waals surface area contributed by atoms with E-state index in [1.165, 1.54) is 0 Å². The largest absolute Gasteiger partial charge is 0.444 e. The minimum atomic E-state index is -0.609. The van der Waals surface area contributed by atoms with E-state index in [9.17, 15) is 19.2 Å². The zero-order valence-corrected chi connectivity index (χ0v) is 38.4. The van der Waals surface area contributed by atoms with Crippen LogP contribution in [0.4, 0.5) is 19.2 Å². The van der Waals surface area contributed by atoms with E-state index in [1.807, 2.05) is 77.9 Å². The number of rotatable bonds is 23. The Morgan fingerprint density at radius 2 is 0.914 bits per heavy atom. The SMILES string of the molecule is CC(C)CCN(CCNC(=O)OC(C)(C)C)C(=O)NC(CSSCC(Cc1ccccc1)NC(=O)N(CCNC(=O)OC(C)(C)C)CCC(C)C)Cc1ccccc1. The van der Waals surface area contributed by atoms with Crippen molar-refractivity contribution in [1.29, 1.82) is 0 Å². The highest BCUT2D eigenvalue weighted by atomic mass is 33.1. The first-order chi connectivity index (χ1) is 27.3. The smallest absolute Gasteiger partial charge is 0.407 e. The van der Waals surface area contributed by atoms with Gasteiger partial charge in [0.15, 0.2) is 0 Å². The molecule has 0 saturated carbocycles. The first-order valence-corrected chi connectivity index (χ1v) is 23.1. The van der Waals surface area contributed by atoms with Crippen LogP contribution in [0.3, 0.4) is 0 Å². The molecule has 58 heavy (non-hydrogen) atoms. The van der Waals surface area contributed by atoms with Gasteiger partial charge in [-0.05, 0) is 90.2 Å². The fourth-order valence-corrected chi connectivity index (χ4v) is 8.05. The number of ether oxygens (including phenoxy) is 2. The molecule has 0 radical (unpaired) electrons. The number of hydrogen-bond acceptors (Lipinski definition) is 8. The Bertz CT molecular complexity index is 1380. The number of urea groups is 2. The van der Waals surface area contributed by atoms with Crippen molar-refractivity contribution in [3.05, 3.63) is 71.8 Å². The van der Waals surface area contributed by atoms with Gasteiger partial charge in [-0.25, -0.2) is 19.2 Å². The number of carbonyl (C=O) groups is 4. The zero-order valence-electron chi connectivity index (χ0n) is 36.7. The highest BCUT2D eigenvalue weighted by Gasteiger charge is 2.23. The standard InChI is InChI=1S/C44H72N6O6S2/c1-33(2)21-25-49(27-23-45-41(53)55-43(5,6)7)39(51)47-37(29-35-17-13-11-14-18-35)31-57-58-32-38(30-36-19-15-12-16-20-36)48-40(52)50(26-22-34(3)4)28-24-46-42(54)56-44(8,9)10/h11-20,33-34,37-38H,21-32H2,1-10H3,(H,45,53)(H,46,54)(H,47,51)(H,48,52). The molecule has 326 valence electrons. The summed E-state index contributed by atoms with van der Waals surface area (Å²) >= 11 is 0. The summed E-state index contributed by atoms with van der Waals surface area (Å²) in [5, 5.41) is 12.2. The van der Waals surface area contributed by atoms with E-state index in [2.05, 4.69) is 73.2 Å². The molecule has 2 unspecified atom stereocenters. The number of nitrogens with zero attached hydrogens (tertiary/aromatic N) is 2. The third kappa shape index (κ3) is 24.2. The highest BCUT2D eigenvalue weighted by Crippen LogP contribution is 2.25. The van der Waals surface area contributed by atoms with Crippen molar-refractivity contribution >= 4 is 45.8 Å².